The van der Waals surface area contributed by atoms with Crippen LogP contribution in [-0.2, 0) is 4.79 Å². The third kappa shape index (κ3) is 2.78. The monoisotopic (exact) mass is 258 g/mol. The van der Waals surface area contributed by atoms with Gasteiger partial charge in [-0.05, 0) is 49.4 Å². The van der Waals surface area contributed by atoms with E-state index in [4.69, 9.17) is 0 Å². The van der Waals surface area contributed by atoms with Gasteiger partial charge in [-0.3, -0.25) is 9.59 Å². The molecule has 0 atom stereocenters. The van der Waals surface area contributed by atoms with Gasteiger partial charge in [0.05, 0.1) is 0 Å². The van der Waals surface area contributed by atoms with Crippen LogP contribution in [0.1, 0.15) is 36.0 Å². The number of rotatable bonds is 4. The summed E-state index contributed by atoms with van der Waals surface area (Å²) in [7, 11) is 0. The SMILES string of the molecule is O=C(NCC1CC1)c1ccc(N2CCCC2=O)cc1. The first-order valence-electron chi connectivity index (χ1n) is 6.92. The molecule has 1 saturated heterocycles. The number of nitrogens with zero attached hydrogens (tertiary/aromatic N) is 1. The van der Waals surface area contributed by atoms with Gasteiger partial charge in [-0.25, -0.2) is 0 Å². The van der Waals surface area contributed by atoms with E-state index in [1.807, 2.05) is 12.1 Å². The van der Waals surface area contributed by atoms with Crippen molar-refractivity contribution in [2.75, 3.05) is 18.0 Å². The second-order valence-electron chi connectivity index (χ2n) is 5.35. The minimum atomic E-state index is -0.0220. The Morgan fingerprint density at radius 1 is 1.26 bits per heavy atom. The van der Waals surface area contributed by atoms with E-state index in [-0.39, 0.29) is 11.8 Å². The van der Waals surface area contributed by atoms with Crippen LogP contribution in [0.15, 0.2) is 24.3 Å². The summed E-state index contributed by atoms with van der Waals surface area (Å²) in [5.74, 6) is 0.836. The molecule has 4 nitrogen and oxygen atoms in total. The molecule has 4 heteroatoms. The van der Waals surface area contributed by atoms with Crippen molar-refractivity contribution < 1.29 is 9.59 Å². The summed E-state index contributed by atoms with van der Waals surface area (Å²) in [4.78, 5) is 25.3. The Kier molecular flexibility index (Phi) is 3.23. The van der Waals surface area contributed by atoms with Crippen LogP contribution in [0.5, 0.6) is 0 Å². The van der Waals surface area contributed by atoms with Crippen LogP contribution in [0.4, 0.5) is 5.69 Å². The van der Waals surface area contributed by atoms with Gasteiger partial charge in [0.25, 0.3) is 5.91 Å². The number of carbonyl (C=O) groups is 2. The molecular formula is C15H18N2O2. The van der Waals surface area contributed by atoms with Gasteiger partial charge < -0.3 is 10.2 Å². The van der Waals surface area contributed by atoms with E-state index >= 15 is 0 Å². The Balaban J connectivity index is 1.64. The molecule has 1 heterocycles. The lowest BCUT2D eigenvalue weighted by atomic mass is 10.2. The van der Waals surface area contributed by atoms with Crippen molar-refractivity contribution in [3.05, 3.63) is 29.8 Å². The first-order valence-corrected chi connectivity index (χ1v) is 6.92. The zero-order valence-electron chi connectivity index (χ0n) is 10.9. The molecule has 2 amide bonds. The largest absolute Gasteiger partial charge is 0.352 e. The second-order valence-corrected chi connectivity index (χ2v) is 5.35. The average Bonchev–Trinajstić information content (AvgIpc) is 3.17. The van der Waals surface area contributed by atoms with Crippen molar-refractivity contribution in [2.45, 2.75) is 25.7 Å². The van der Waals surface area contributed by atoms with Crippen molar-refractivity contribution in [3.8, 4) is 0 Å². The van der Waals surface area contributed by atoms with Gasteiger partial charge in [0, 0.05) is 30.8 Å². The van der Waals surface area contributed by atoms with E-state index in [2.05, 4.69) is 5.32 Å². The highest BCUT2D eigenvalue weighted by molar-refractivity contribution is 5.97. The van der Waals surface area contributed by atoms with Gasteiger partial charge in [0.1, 0.15) is 0 Å². The van der Waals surface area contributed by atoms with E-state index in [0.717, 1.165) is 25.2 Å². The predicted octanol–water partition coefficient (Wildman–Crippen LogP) is 1.95. The van der Waals surface area contributed by atoms with Gasteiger partial charge >= 0.3 is 0 Å². The van der Waals surface area contributed by atoms with Crippen LogP contribution in [0.25, 0.3) is 0 Å². The maximum absolute atomic E-state index is 11.9. The summed E-state index contributed by atoms with van der Waals surface area (Å²) < 4.78 is 0. The van der Waals surface area contributed by atoms with Crippen LogP contribution in [-0.4, -0.2) is 24.9 Å². The topological polar surface area (TPSA) is 49.4 Å². The minimum Gasteiger partial charge on any atom is -0.352 e. The van der Waals surface area contributed by atoms with Crippen molar-refractivity contribution in [1.29, 1.82) is 0 Å². The van der Waals surface area contributed by atoms with Gasteiger partial charge in [0.15, 0.2) is 0 Å². The summed E-state index contributed by atoms with van der Waals surface area (Å²) in [6.45, 7) is 1.57. The highest BCUT2D eigenvalue weighted by Gasteiger charge is 2.23. The molecule has 1 saturated carbocycles. The lowest BCUT2D eigenvalue weighted by molar-refractivity contribution is -0.117. The van der Waals surface area contributed by atoms with Crippen molar-refractivity contribution in [1.82, 2.24) is 5.32 Å². The number of hydrogen-bond donors (Lipinski definition) is 1. The molecule has 1 aliphatic carbocycles. The molecule has 0 bridgehead atoms. The zero-order valence-corrected chi connectivity index (χ0v) is 10.9. The number of nitrogens with one attached hydrogen (secondary N) is 1. The first kappa shape index (κ1) is 12.2. The fourth-order valence-corrected chi connectivity index (χ4v) is 2.37. The molecule has 100 valence electrons. The summed E-state index contributed by atoms with van der Waals surface area (Å²) in [6.07, 6.45) is 4.01. The molecule has 0 unspecified atom stereocenters. The molecule has 0 radical (unpaired) electrons. The molecule has 3 rings (SSSR count). The number of anilines is 1. The van der Waals surface area contributed by atoms with Crippen LogP contribution < -0.4 is 10.2 Å². The summed E-state index contributed by atoms with van der Waals surface area (Å²) in [5.41, 5.74) is 1.55. The predicted molar refractivity (Wildman–Crippen MR) is 73.1 cm³/mol. The van der Waals surface area contributed by atoms with Gasteiger partial charge in [-0.1, -0.05) is 0 Å². The number of hydrogen-bond acceptors (Lipinski definition) is 2. The Morgan fingerprint density at radius 3 is 2.58 bits per heavy atom. The van der Waals surface area contributed by atoms with Crippen molar-refractivity contribution >= 4 is 17.5 Å². The summed E-state index contributed by atoms with van der Waals surface area (Å²) in [5, 5.41) is 2.94. The van der Waals surface area contributed by atoms with Crippen molar-refractivity contribution in [2.24, 2.45) is 5.92 Å². The molecule has 2 aliphatic rings. The fraction of sp³-hybridized carbons (Fsp3) is 0.467. The highest BCUT2D eigenvalue weighted by Crippen LogP contribution is 2.27. The van der Waals surface area contributed by atoms with E-state index in [0.29, 0.717) is 17.9 Å². The van der Waals surface area contributed by atoms with Crippen LogP contribution in [0.2, 0.25) is 0 Å². The zero-order chi connectivity index (χ0) is 13.2. The van der Waals surface area contributed by atoms with Crippen LogP contribution in [0.3, 0.4) is 0 Å². The maximum atomic E-state index is 11.9. The Labute approximate surface area is 112 Å². The Bertz CT molecular complexity index is 491. The maximum Gasteiger partial charge on any atom is 0.251 e. The van der Waals surface area contributed by atoms with E-state index < -0.39 is 0 Å². The quantitative estimate of drug-likeness (QED) is 0.897. The van der Waals surface area contributed by atoms with Gasteiger partial charge in [-0.2, -0.15) is 0 Å². The number of amides is 2. The van der Waals surface area contributed by atoms with Gasteiger partial charge in [-0.15, -0.1) is 0 Å². The lowest BCUT2D eigenvalue weighted by Crippen LogP contribution is -2.26. The smallest absolute Gasteiger partial charge is 0.251 e. The van der Waals surface area contributed by atoms with Gasteiger partial charge in [0.2, 0.25) is 5.91 Å². The van der Waals surface area contributed by atoms with Crippen LogP contribution in [0, 0.1) is 5.92 Å². The Morgan fingerprint density at radius 2 is 2.00 bits per heavy atom. The van der Waals surface area contributed by atoms with E-state index in [9.17, 15) is 9.59 Å². The van der Waals surface area contributed by atoms with Crippen molar-refractivity contribution in [3.63, 3.8) is 0 Å². The average molecular weight is 258 g/mol. The lowest BCUT2D eigenvalue weighted by Gasteiger charge is -2.15. The normalized spacial score (nSPS) is 18.7. The van der Waals surface area contributed by atoms with E-state index in [1.165, 1.54) is 12.8 Å². The molecule has 0 aromatic heterocycles. The Hall–Kier alpha value is -1.84. The molecule has 19 heavy (non-hydrogen) atoms. The third-order valence-corrected chi connectivity index (χ3v) is 3.76. The molecule has 1 aliphatic heterocycles. The summed E-state index contributed by atoms with van der Waals surface area (Å²) >= 11 is 0. The standard InChI is InChI=1S/C15H18N2O2/c18-14-2-1-9-17(14)13-7-5-12(6-8-13)15(19)16-10-11-3-4-11/h5-8,11H,1-4,9-10H2,(H,16,19). The molecule has 1 aromatic rings. The fourth-order valence-electron chi connectivity index (χ4n) is 2.37. The second kappa shape index (κ2) is 5.03. The number of carbonyl (C=O) groups excluding carboxylic acids is 2. The minimum absolute atomic E-state index is 0.0220. The van der Waals surface area contributed by atoms with E-state index in [1.54, 1.807) is 17.0 Å². The first-order chi connectivity index (χ1) is 9.24. The number of benzene rings is 1. The highest BCUT2D eigenvalue weighted by atomic mass is 16.2. The molecule has 0 spiro atoms. The van der Waals surface area contributed by atoms with Crippen LogP contribution >= 0.6 is 0 Å². The third-order valence-electron chi connectivity index (χ3n) is 3.76. The molecule has 2 fully saturated rings. The molecule has 1 aromatic carbocycles. The molecule has 1 N–H and O–H groups in total. The summed E-state index contributed by atoms with van der Waals surface area (Å²) in [6, 6.07) is 7.30. The molecular weight excluding hydrogens is 240 g/mol.